The first kappa shape index (κ1) is 17.7. The van der Waals surface area contributed by atoms with Crippen molar-refractivity contribution in [2.75, 3.05) is 4.72 Å². The number of sulfonamides is 1. The summed E-state index contributed by atoms with van der Waals surface area (Å²) in [4.78, 5) is 14.9. The Morgan fingerprint density at radius 3 is 2.54 bits per heavy atom. The highest BCUT2D eigenvalue weighted by Crippen LogP contribution is 2.24. The van der Waals surface area contributed by atoms with Crippen LogP contribution in [0.1, 0.15) is 5.82 Å². The number of imidazole rings is 1. The molecule has 0 aliphatic carbocycles. The predicted molar refractivity (Wildman–Crippen MR) is 102 cm³/mol. The van der Waals surface area contributed by atoms with Crippen LogP contribution in [0.4, 0.5) is 5.69 Å². The van der Waals surface area contributed by atoms with E-state index in [0.29, 0.717) is 29.0 Å². The molecule has 0 aliphatic rings. The fourth-order valence-corrected chi connectivity index (χ4v) is 3.47. The van der Waals surface area contributed by atoms with Crippen LogP contribution >= 0.6 is 0 Å². The molecular formula is C18H16N6O3S. The van der Waals surface area contributed by atoms with Gasteiger partial charge in [-0.05, 0) is 43.3 Å². The quantitative estimate of drug-likeness (QED) is 0.518. The summed E-state index contributed by atoms with van der Waals surface area (Å²) in [5, 5.41) is -0.0122. The summed E-state index contributed by atoms with van der Waals surface area (Å²) in [5.41, 5.74) is 0.397. The SMILES string of the molecule is Cc1nc(Oc2ccc(NS(=O)(=O)c3cnc[nH]3)cc2)cc(-n2cccc2)n1. The van der Waals surface area contributed by atoms with Crippen molar-refractivity contribution in [3.8, 4) is 17.4 Å². The van der Waals surface area contributed by atoms with Gasteiger partial charge in [-0.1, -0.05) is 0 Å². The number of hydrogen-bond acceptors (Lipinski definition) is 6. The van der Waals surface area contributed by atoms with Gasteiger partial charge in [0, 0.05) is 24.1 Å². The molecule has 4 rings (SSSR count). The highest BCUT2D eigenvalue weighted by Gasteiger charge is 2.15. The van der Waals surface area contributed by atoms with E-state index in [0.717, 1.165) is 0 Å². The van der Waals surface area contributed by atoms with Gasteiger partial charge in [0.05, 0.1) is 12.5 Å². The lowest BCUT2D eigenvalue weighted by Gasteiger charge is -2.10. The number of aryl methyl sites for hydroxylation is 1. The van der Waals surface area contributed by atoms with Crippen LogP contribution < -0.4 is 9.46 Å². The lowest BCUT2D eigenvalue weighted by molar-refractivity contribution is 0.459. The minimum atomic E-state index is -3.71. The van der Waals surface area contributed by atoms with Crippen molar-refractivity contribution >= 4 is 15.7 Å². The third kappa shape index (κ3) is 3.86. The molecular weight excluding hydrogens is 380 g/mol. The summed E-state index contributed by atoms with van der Waals surface area (Å²) in [5.74, 6) is 2.17. The van der Waals surface area contributed by atoms with Gasteiger partial charge < -0.3 is 14.3 Å². The second kappa shape index (κ2) is 7.16. The molecule has 9 nitrogen and oxygen atoms in total. The molecule has 0 atom stereocenters. The van der Waals surface area contributed by atoms with Crippen molar-refractivity contribution in [2.45, 2.75) is 11.9 Å². The van der Waals surface area contributed by atoms with Gasteiger partial charge in [0.1, 0.15) is 17.4 Å². The summed E-state index contributed by atoms with van der Waals surface area (Å²) in [6.45, 7) is 1.78. The van der Waals surface area contributed by atoms with Crippen LogP contribution in [0.3, 0.4) is 0 Å². The van der Waals surface area contributed by atoms with Crippen molar-refractivity contribution in [1.29, 1.82) is 0 Å². The van der Waals surface area contributed by atoms with E-state index in [1.807, 2.05) is 29.1 Å². The van der Waals surface area contributed by atoms with E-state index in [1.165, 1.54) is 12.5 Å². The van der Waals surface area contributed by atoms with Gasteiger partial charge in [0.2, 0.25) is 5.88 Å². The Hall–Kier alpha value is -3.66. The normalized spacial score (nSPS) is 11.3. The van der Waals surface area contributed by atoms with Crippen molar-refractivity contribution in [3.63, 3.8) is 0 Å². The highest BCUT2D eigenvalue weighted by molar-refractivity contribution is 7.92. The molecule has 2 N–H and O–H groups in total. The first-order valence-electron chi connectivity index (χ1n) is 8.28. The molecule has 0 aliphatic heterocycles. The molecule has 0 radical (unpaired) electrons. The predicted octanol–water partition coefficient (Wildman–Crippen LogP) is 2.89. The highest BCUT2D eigenvalue weighted by atomic mass is 32.2. The minimum Gasteiger partial charge on any atom is -0.439 e. The zero-order chi connectivity index (χ0) is 19.6. The minimum absolute atomic E-state index is 0.0122. The molecule has 0 saturated carbocycles. The van der Waals surface area contributed by atoms with Crippen LogP contribution in [0.15, 0.2) is 72.4 Å². The lowest BCUT2D eigenvalue weighted by Crippen LogP contribution is -2.13. The Labute approximate surface area is 161 Å². The third-order valence-electron chi connectivity index (χ3n) is 3.76. The molecule has 142 valence electrons. The Kier molecular flexibility index (Phi) is 4.53. The smallest absolute Gasteiger partial charge is 0.278 e. The average molecular weight is 396 g/mol. The molecule has 4 aromatic rings. The number of aromatic amines is 1. The molecule has 3 aromatic heterocycles. The van der Waals surface area contributed by atoms with E-state index >= 15 is 0 Å². The molecule has 10 heteroatoms. The van der Waals surface area contributed by atoms with Crippen LogP contribution in [0.5, 0.6) is 11.6 Å². The molecule has 28 heavy (non-hydrogen) atoms. The maximum absolute atomic E-state index is 12.2. The summed E-state index contributed by atoms with van der Waals surface area (Å²) in [6.07, 6.45) is 6.30. The number of rotatable bonds is 6. The van der Waals surface area contributed by atoms with Crippen LogP contribution in [0, 0.1) is 6.92 Å². The number of ether oxygens (including phenoxy) is 1. The fraction of sp³-hybridized carbons (Fsp3) is 0.0556. The number of nitrogens with zero attached hydrogens (tertiary/aromatic N) is 4. The Balaban J connectivity index is 1.51. The maximum atomic E-state index is 12.2. The number of H-pyrrole nitrogens is 1. The monoisotopic (exact) mass is 396 g/mol. The Morgan fingerprint density at radius 2 is 1.86 bits per heavy atom. The van der Waals surface area contributed by atoms with Crippen LogP contribution in [0.2, 0.25) is 0 Å². The topological polar surface area (TPSA) is 115 Å². The zero-order valence-corrected chi connectivity index (χ0v) is 15.6. The van der Waals surface area contributed by atoms with Crippen molar-refractivity contribution in [1.82, 2.24) is 24.5 Å². The summed E-state index contributed by atoms with van der Waals surface area (Å²) in [6, 6.07) is 12.0. The van der Waals surface area contributed by atoms with Gasteiger partial charge in [-0.3, -0.25) is 4.72 Å². The first-order valence-corrected chi connectivity index (χ1v) is 9.76. The number of hydrogen-bond donors (Lipinski definition) is 2. The second-order valence-corrected chi connectivity index (χ2v) is 7.50. The second-order valence-electron chi connectivity index (χ2n) is 5.85. The van der Waals surface area contributed by atoms with Gasteiger partial charge >= 0.3 is 0 Å². The van der Waals surface area contributed by atoms with E-state index in [2.05, 4.69) is 24.7 Å². The van der Waals surface area contributed by atoms with Gasteiger partial charge in [-0.15, -0.1) is 0 Å². The summed E-state index contributed by atoms with van der Waals surface area (Å²) >= 11 is 0. The largest absolute Gasteiger partial charge is 0.439 e. The fourth-order valence-electron chi connectivity index (χ4n) is 2.51. The average Bonchev–Trinajstić information content (AvgIpc) is 3.37. The molecule has 0 amide bonds. The number of anilines is 1. The van der Waals surface area contributed by atoms with Crippen molar-refractivity contribution < 1.29 is 13.2 Å². The summed E-state index contributed by atoms with van der Waals surface area (Å²) < 4.78 is 34.5. The van der Waals surface area contributed by atoms with E-state index in [9.17, 15) is 8.42 Å². The maximum Gasteiger partial charge on any atom is 0.278 e. The molecule has 0 saturated heterocycles. The number of benzene rings is 1. The molecule has 3 heterocycles. The van der Waals surface area contributed by atoms with Crippen LogP contribution in [-0.4, -0.2) is 32.9 Å². The Bertz CT molecular complexity index is 1170. The molecule has 1 aromatic carbocycles. The van der Waals surface area contributed by atoms with Crippen LogP contribution in [0.25, 0.3) is 5.82 Å². The van der Waals surface area contributed by atoms with E-state index in [1.54, 1.807) is 37.3 Å². The van der Waals surface area contributed by atoms with E-state index < -0.39 is 10.0 Å². The van der Waals surface area contributed by atoms with Crippen LogP contribution in [-0.2, 0) is 10.0 Å². The van der Waals surface area contributed by atoms with E-state index in [-0.39, 0.29) is 5.03 Å². The number of nitrogens with one attached hydrogen (secondary N) is 2. The van der Waals surface area contributed by atoms with Gasteiger partial charge in [-0.2, -0.15) is 13.4 Å². The third-order valence-corrected chi connectivity index (χ3v) is 5.07. The summed E-state index contributed by atoms with van der Waals surface area (Å²) in [7, 11) is -3.71. The van der Waals surface area contributed by atoms with E-state index in [4.69, 9.17) is 4.74 Å². The molecule has 0 spiro atoms. The van der Waals surface area contributed by atoms with Crippen molar-refractivity contribution in [2.24, 2.45) is 0 Å². The van der Waals surface area contributed by atoms with Gasteiger partial charge in [0.15, 0.2) is 5.03 Å². The molecule has 0 bridgehead atoms. The zero-order valence-electron chi connectivity index (χ0n) is 14.8. The van der Waals surface area contributed by atoms with Gasteiger partial charge in [-0.25, -0.2) is 9.97 Å². The standard InChI is InChI=1S/C18H16N6O3S/c1-13-21-16(24-8-2-3-9-24)10-17(22-13)27-15-6-4-14(5-7-15)23-28(25,26)18-11-19-12-20-18/h2-12,23H,1H3,(H,19,20). The van der Waals surface area contributed by atoms with Gasteiger partial charge in [0.25, 0.3) is 10.0 Å². The molecule has 0 unspecified atom stereocenters. The molecule has 0 fully saturated rings. The Morgan fingerprint density at radius 1 is 1.11 bits per heavy atom. The lowest BCUT2D eigenvalue weighted by atomic mass is 10.3. The van der Waals surface area contributed by atoms with Crippen molar-refractivity contribution in [3.05, 3.63) is 73.2 Å². The number of aromatic nitrogens is 5. The first-order chi connectivity index (χ1) is 13.5.